The van der Waals surface area contributed by atoms with Gasteiger partial charge in [0.05, 0.1) is 14.2 Å². The molecule has 0 bridgehead atoms. The zero-order chi connectivity index (χ0) is 19.4. The van der Waals surface area contributed by atoms with Crippen molar-refractivity contribution in [1.29, 1.82) is 0 Å². The van der Waals surface area contributed by atoms with Crippen molar-refractivity contribution in [2.45, 2.75) is 45.7 Å². The Kier molecular flexibility index (Phi) is 5.93. The molecule has 27 heavy (non-hydrogen) atoms. The van der Waals surface area contributed by atoms with E-state index in [1.54, 1.807) is 26.4 Å². The van der Waals surface area contributed by atoms with Crippen LogP contribution in [0.2, 0.25) is 0 Å². The number of nitrogens with one attached hydrogen (secondary N) is 1. The predicted molar refractivity (Wildman–Crippen MR) is 100 cm³/mol. The first-order chi connectivity index (χ1) is 13.0. The summed E-state index contributed by atoms with van der Waals surface area (Å²) < 4.78 is 10.5. The largest absolute Gasteiger partial charge is 0.493 e. The van der Waals surface area contributed by atoms with Crippen molar-refractivity contribution in [3.63, 3.8) is 0 Å². The highest BCUT2D eigenvalue weighted by Gasteiger charge is 2.28. The molecule has 1 N–H and O–H groups in total. The summed E-state index contributed by atoms with van der Waals surface area (Å²) in [7, 11) is 3.15. The van der Waals surface area contributed by atoms with Gasteiger partial charge in [-0.25, -0.2) is 0 Å². The van der Waals surface area contributed by atoms with Gasteiger partial charge < -0.3 is 14.8 Å². The molecular formula is C19H27N5O3. The van der Waals surface area contributed by atoms with E-state index in [4.69, 9.17) is 9.47 Å². The molecule has 0 aliphatic heterocycles. The highest BCUT2D eigenvalue weighted by molar-refractivity contribution is 5.76. The average molecular weight is 373 g/mol. The van der Waals surface area contributed by atoms with Crippen LogP contribution in [0.25, 0.3) is 11.4 Å². The first-order valence-corrected chi connectivity index (χ1v) is 9.31. The first-order valence-electron chi connectivity index (χ1n) is 9.31. The van der Waals surface area contributed by atoms with Gasteiger partial charge in [-0.1, -0.05) is 26.7 Å². The number of benzene rings is 1. The van der Waals surface area contributed by atoms with Crippen LogP contribution in [-0.4, -0.2) is 46.4 Å². The zero-order valence-corrected chi connectivity index (χ0v) is 16.3. The smallest absolute Gasteiger partial charge is 0.243 e. The van der Waals surface area contributed by atoms with Gasteiger partial charge in [0, 0.05) is 11.6 Å². The Balaban J connectivity index is 1.65. The molecule has 0 spiro atoms. The second-order valence-electron chi connectivity index (χ2n) is 7.15. The predicted octanol–water partition coefficient (Wildman–Crippen LogP) is 2.30. The van der Waals surface area contributed by atoms with Crippen LogP contribution >= 0.6 is 0 Å². The number of carbonyl (C=O) groups is 1. The Morgan fingerprint density at radius 2 is 2.00 bits per heavy atom. The van der Waals surface area contributed by atoms with Crippen molar-refractivity contribution in [2.24, 2.45) is 11.8 Å². The van der Waals surface area contributed by atoms with Crippen molar-refractivity contribution in [3.8, 4) is 22.9 Å². The quantitative estimate of drug-likeness (QED) is 0.835. The number of rotatable bonds is 6. The van der Waals surface area contributed by atoms with Crippen LogP contribution in [0.5, 0.6) is 11.5 Å². The normalized spacial score (nSPS) is 22.3. The van der Waals surface area contributed by atoms with Gasteiger partial charge in [-0.2, -0.15) is 4.80 Å². The third-order valence-electron chi connectivity index (χ3n) is 5.43. The van der Waals surface area contributed by atoms with E-state index in [0.29, 0.717) is 29.2 Å². The standard InChI is InChI=1S/C19H27N5O3/c1-12-6-5-7-15(13(12)2)20-18(25)11-24-22-19(21-23-24)14-8-9-16(26-3)17(10-14)27-4/h8-10,12-13,15H,5-7,11H2,1-4H3,(H,20,25)/t12-,13+,15-/m1/s1. The fourth-order valence-corrected chi connectivity index (χ4v) is 3.57. The molecule has 1 fully saturated rings. The number of ether oxygens (including phenoxy) is 2. The molecule has 0 saturated heterocycles. The molecule has 1 aliphatic carbocycles. The SMILES string of the molecule is COc1ccc(-c2nnn(CC(=O)N[C@@H]3CCC[C@@H](C)[C@@H]3C)n2)cc1OC. The van der Waals surface area contributed by atoms with Crippen LogP contribution in [0.4, 0.5) is 0 Å². The maximum atomic E-state index is 12.4. The number of nitrogens with zero attached hydrogens (tertiary/aromatic N) is 4. The van der Waals surface area contributed by atoms with Crippen molar-refractivity contribution in [3.05, 3.63) is 18.2 Å². The van der Waals surface area contributed by atoms with E-state index in [-0.39, 0.29) is 18.5 Å². The third-order valence-corrected chi connectivity index (χ3v) is 5.43. The van der Waals surface area contributed by atoms with Crippen LogP contribution in [0.1, 0.15) is 33.1 Å². The van der Waals surface area contributed by atoms with Gasteiger partial charge in [-0.15, -0.1) is 10.2 Å². The lowest BCUT2D eigenvalue weighted by atomic mass is 9.78. The minimum Gasteiger partial charge on any atom is -0.493 e. The molecule has 0 unspecified atom stereocenters. The molecule has 8 nitrogen and oxygen atoms in total. The van der Waals surface area contributed by atoms with Crippen LogP contribution in [-0.2, 0) is 11.3 Å². The molecule has 1 aromatic heterocycles. The summed E-state index contributed by atoms with van der Waals surface area (Å²) in [5.41, 5.74) is 0.744. The zero-order valence-electron chi connectivity index (χ0n) is 16.3. The number of tetrazole rings is 1. The Bertz CT molecular complexity index is 791. The van der Waals surface area contributed by atoms with E-state index in [2.05, 4.69) is 34.6 Å². The monoisotopic (exact) mass is 373 g/mol. The van der Waals surface area contributed by atoms with Crippen LogP contribution in [0, 0.1) is 11.8 Å². The maximum Gasteiger partial charge on any atom is 0.243 e. The van der Waals surface area contributed by atoms with Crippen LogP contribution in [0.15, 0.2) is 18.2 Å². The molecule has 2 aromatic rings. The Morgan fingerprint density at radius 1 is 1.22 bits per heavy atom. The molecule has 0 radical (unpaired) electrons. The number of carbonyl (C=O) groups excluding carboxylic acids is 1. The second kappa shape index (κ2) is 8.37. The Morgan fingerprint density at radius 3 is 2.74 bits per heavy atom. The van der Waals surface area contributed by atoms with Crippen LogP contribution in [0.3, 0.4) is 0 Å². The summed E-state index contributed by atoms with van der Waals surface area (Å²) >= 11 is 0. The van der Waals surface area contributed by atoms with Crippen molar-refractivity contribution in [1.82, 2.24) is 25.5 Å². The fourth-order valence-electron chi connectivity index (χ4n) is 3.57. The Labute approximate surface area is 159 Å². The van der Waals surface area contributed by atoms with E-state index in [1.807, 2.05) is 6.07 Å². The van der Waals surface area contributed by atoms with E-state index in [9.17, 15) is 4.79 Å². The molecule has 1 aliphatic rings. The van der Waals surface area contributed by atoms with Gasteiger partial charge in [-0.05, 0) is 41.7 Å². The summed E-state index contributed by atoms with van der Waals surface area (Å²) in [6.45, 7) is 4.51. The molecule has 146 valence electrons. The molecule has 1 aromatic carbocycles. The minimum absolute atomic E-state index is 0.0535. The van der Waals surface area contributed by atoms with E-state index in [0.717, 1.165) is 18.4 Å². The van der Waals surface area contributed by atoms with E-state index >= 15 is 0 Å². The minimum atomic E-state index is -0.0859. The lowest BCUT2D eigenvalue weighted by Crippen LogP contribution is -2.45. The molecule has 1 heterocycles. The van der Waals surface area contributed by atoms with Gasteiger partial charge in [0.25, 0.3) is 0 Å². The molecule has 1 saturated carbocycles. The fraction of sp³-hybridized carbons (Fsp3) is 0.579. The van der Waals surface area contributed by atoms with Gasteiger partial charge in [-0.3, -0.25) is 4.79 Å². The summed E-state index contributed by atoms with van der Waals surface area (Å²) in [5, 5.41) is 15.5. The lowest BCUT2D eigenvalue weighted by Gasteiger charge is -2.34. The van der Waals surface area contributed by atoms with Crippen LogP contribution < -0.4 is 14.8 Å². The average Bonchev–Trinajstić information content (AvgIpc) is 3.13. The second-order valence-corrected chi connectivity index (χ2v) is 7.15. The Hall–Kier alpha value is -2.64. The number of hydrogen-bond donors (Lipinski definition) is 1. The van der Waals surface area contributed by atoms with Crippen molar-refractivity contribution < 1.29 is 14.3 Å². The topological polar surface area (TPSA) is 91.2 Å². The van der Waals surface area contributed by atoms with Crippen molar-refractivity contribution in [2.75, 3.05) is 14.2 Å². The lowest BCUT2D eigenvalue weighted by molar-refractivity contribution is -0.123. The number of aromatic nitrogens is 4. The molecule has 8 heteroatoms. The summed E-state index contributed by atoms with van der Waals surface area (Å²) in [4.78, 5) is 13.7. The molecule has 3 atom stereocenters. The maximum absolute atomic E-state index is 12.4. The van der Waals surface area contributed by atoms with Gasteiger partial charge in [0.15, 0.2) is 11.5 Å². The van der Waals surface area contributed by atoms with E-state index < -0.39 is 0 Å². The highest BCUT2D eigenvalue weighted by atomic mass is 16.5. The third kappa shape index (κ3) is 4.37. The van der Waals surface area contributed by atoms with Gasteiger partial charge in [0.1, 0.15) is 6.54 Å². The number of methoxy groups -OCH3 is 2. The summed E-state index contributed by atoms with van der Waals surface area (Å²) in [6, 6.07) is 5.61. The summed E-state index contributed by atoms with van der Waals surface area (Å²) in [6.07, 6.45) is 3.41. The first kappa shape index (κ1) is 19.1. The van der Waals surface area contributed by atoms with E-state index in [1.165, 1.54) is 11.2 Å². The molecule has 1 amide bonds. The summed E-state index contributed by atoms with van der Waals surface area (Å²) in [5.74, 6) is 2.67. The number of hydrogen-bond acceptors (Lipinski definition) is 6. The van der Waals surface area contributed by atoms with Crippen molar-refractivity contribution >= 4 is 5.91 Å². The van der Waals surface area contributed by atoms with Gasteiger partial charge in [0.2, 0.25) is 11.7 Å². The molecular weight excluding hydrogens is 346 g/mol. The number of amides is 1. The highest BCUT2D eigenvalue weighted by Crippen LogP contribution is 2.31. The van der Waals surface area contributed by atoms with Gasteiger partial charge >= 0.3 is 0 Å². The molecule has 3 rings (SSSR count).